The van der Waals surface area contributed by atoms with Crippen molar-refractivity contribution >= 4 is 17.6 Å². The molecule has 0 N–H and O–H groups in total. The predicted octanol–water partition coefficient (Wildman–Crippen LogP) is 3.07. The number of benzene rings is 1. The van der Waals surface area contributed by atoms with Gasteiger partial charge >= 0.3 is 5.97 Å². The maximum Gasteiger partial charge on any atom is 0.312 e. The number of ether oxygens (including phenoxy) is 1. The lowest BCUT2D eigenvalue weighted by molar-refractivity contribution is -0.155. The number of rotatable bonds is 0. The summed E-state index contributed by atoms with van der Waals surface area (Å²) in [5.41, 5.74) is 1.03. The zero-order chi connectivity index (χ0) is 12.8. The molecule has 1 fully saturated rings. The van der Waals surface area contributed by atoms with Crippen molar-refractivity contribution in [1.82, 2.24) is 0 Å². The first-order chi connectivity index (χ1) is 8.57. The molecule has 18 heavy (non-hydrogen) atoms. The van der Waals surface area contributed by atoms with E-state index in [1.54, 1.807) is 6.07 Å². The lowest BCUT2D eigenvalue weighted by Gasteiger charge is -2.31. The molecule has 0 amide bonds. The molecule has 0 spiro atoms. The minimum atomic E-state index is -0.849. The van der Waals surface area contributed by atoms with Crippen LogP contribution in [0.5, 0.6) is 0 Å². The Morgan fingerprint density at radius 2 is 2.22 bits per heavy atom. The average Bonchev–Trinajstić information content (AvgIpc) is 3.12. The summed E-state index contributed by atoms with van der Waals surface area (Å²) in [7, 11) is 0. The second-order valence-corrected chi connectivity index (χ2v) is 5.47. The molecule has 0 aromatic heterocycles. The van der Waals surface area contributed by atoms with Crippen LogP contribution >= 0.6 is 11.6 Å². The smallest absolute Gasteiger partial charge is 0.312 e. The van der Waals surface area contributed by atoms with Crippen LogP contribution in [0, 0.1) is 17.8 Å². The Bertz CT molecular complexity index is 578. The molecule has 0 bridgehead atoms. The third-order valence-corrected chi connectivity index (χ3v) is 3.57. The summed E-state index contributed by atoms with van der Waals surface area (Å²) in [6, 6.07) is 5.54. The van der Waals surface area contributed by atoms with Gasteiger partial charge in [-0.3, -0.25) is 4.79 Å². The molecule has 1 unspecified atom stereocenters. The summed E-state index contributed by atoms with van der Waals surface area (Å²) < 4.78 is 5.46. The van der Waals surface area contributed by atoms with Crippen LogP contribution in [0.25, 0.3) is 0 Å². The molecule has 2 aliphatic rings. The van der Waals surface area contributed by atoms with Crippen LogP contribution in [0.3, 0.4) is 0 Å². The van der Waals surface area contributed by atoms with Crippen molar-refractivity contribution in [2.75, 3.05) is 0 Å². The summed E-state index contributed by atoms with van der Waals surface area (Å²) in [6.45, 7) is 1.84. The van der Waals surface area contributed by atoms with Crippen molar-refractivity contribution in [2.24, 2.45) is 5.92 Å². The normalized spacial score (nSPS) is 25.8. The maximum atomic E-state index is 11.7. The van der Waals surface area contributed by atoms with Gasteiger partial charge in [-0.15, -0.1) is 0 Å². The first kappa shape index (κ1) is 11.6. The van der Waals surface area contributed by atoms with Crippen molar-refractivity contribution in [3.05, 3.63) is 34.3 Å². The molecule has 1 aliphatic carbocycles. The van der Waals surface area contributed by atoms with Gasteiger partial charge in [0.25, 0.3) is 0 Å². The fourth-order valence-corrected chi connectivity index (χ4v) is 2.35. The largest absolute Gasteiger partial charge is 0.441 e. The second-order valence-electron chi connectivity index (χ2n) is 5.03. The summed E-state index contributed by atoms with van der Waals surface area (Å²) in [5.74, 6) is 6.55. The van der Waals surface area contributed by atoms with Gasteiger partial charge in [-0.05, 0) is 37.5 Å². The molecule has 1 heterocycles. The first-order valence-electron chi connectivity index (χ1n) is 6.10. The number of esters is 1. The van der Waals surface area contributed by atoms with Gasteiger partial charge in [0.1, 0.15) is 0 Å². The van der Waals surface area contributed by atoms with Crippen LogP contribution in [0.4, 0.5) is 0 Å². The van der Waals surface area contributed by atoms with Gasteiger partial charge in [-0.25, -0.2) is 0 Å². The molecule has 1 aliphatic heterocycles. The predicted molar refractivity (Wildman–Crippen MR) is 69.1 cm³/mol. The molecule has 0 radical (unpaired) electrons. The Labute approximate surface area is 111 Å². The van der Waals surface area contributed by atoms with E-state index in [2.05, 4.69) is 11.8 Å². The summed E-state index contributed by atoms with van der Waals surface area (Å²) in [6.07, 6.45) is 2.60. The molecule has 1 aromatic rings. The molecule has 0 saturated heterocycles. The average molecular weight is 261 g/mol. The third-order valence-electron chi connectivity index (χ3n) is 3.33. The first-order valence-corrected chi connectivity index (χ1v) is 6.48. The van der Waals surface area contributed by atoms with Crippen molar-refractivity contribution in [3.63, 3.8) is 0 Å². The van der Waals surface area contributed by atoms with Gasteiger partial charge in [-0.1, -0.05) is 29.5 Å². The lowest BCUT2D eigenvalue weighted by Crippen LogP contribution is -2.34. The summed E-state index contributed by atoms with van der Waals surface area (Å²) in [4.78, 5) is 11.7. The number of halogens is 1. The Hall–Kier alpha value is -1.46. The van der Waals surface area contributed by atoms with Gasteiger partial charge in [0.15, 0.2) is 5.60 Å². The van der Waals surface area contributed by atoms with Crippen molar-refractivity contribution in [1.29, 1.82) is 0 Å². The van der Waals surface area contributed by atoms with Crippen LogP contribution < -0.4 is 0 Å². The van der Waals surface area contributed by atoms with Crippen LogP contribution in [-0.4, -0.2) is 5.97 Å². The Morgan fingerprint density at radius 3 is 2.94 bits per heavy atom. The van der Waals surface area contributed by atoms with Crippen LogP contribution in [-0.2, 0) is 21.6 Å². The van der Waals surface area contributed by atoms with E-state index in [4.69, 9.17) is 16.3 Å². The monoisotopic (exact) mass is 260 g/mol. The molecule has 3 rings (SSSR count). The SMILES string of the molecule is CC1(C#CC2CC2)OC(=O)Cc2ccc(Cl)cc21. The number of carbonyl (C=O) groups excluding carboxylic acids is 1. The van der Waals surface area contributed by atoms with Gasteiger partial charge in [0.2, 0.25) is 0 Å². The number of cyclic esters (lactones) is 1. The van der Waals surface area contributed by atoms with Crippen LogP contribution in [0.2, 0.25) is 5.02 Å². The molecule has 2 nitrogen and oxygen atoms in total. The van der Waals surface area contributed by atoms with Crippen LogP contribution in [0.1, 0.15) is 30.9 Å². The Kier molecular flexibility index (Phi) is 2.60. The van der Waals surface area contributed by atoms with E-state index in [-0.39, 0.29) is 5.97 Å². The lowest BCUT2D eigenvalue weighted by atomic mass is 9.88. The van der Waals surface area contributed by atoms with Gasteiger partial charge in [-0.2, -0.15) is 0 Å². The highest BCUT2D eigenvalue weighted by Gasteiger charge is 2.36. The fraction of sp³-hybridized carbons (Fsp3) is 0.400. The van der Waals surface area contributed by atoms with Gasteiger partial charge < -0.3 is 4.74 Å². The van der Waals surface area contributed by atoms with E-state index < -0.39 is 5.60 Å². The van der Waals surface area contributed by atoms with E-state index in [0.717, 1.165) is 24.0 Å². The molecular formula is C15H13ClO2. The molecular weight excluding hydrogens is 248 g/mol. The number of carbonyl (C=O) groups is 1. The summed E-state index contributed by atoms with van der Waals surface area (Å²) >= 11 is 6.03. The number of hydrogen-bond donors (Lipinski definition) is 0. The zero-order valence-electron chi connectivity index (χ0n) is 10.1. The van der Waals surface area contributed by atoms with E-state index >= 15 is 0 Å². The van der Waals surface area contributed by atoms with Crippen molar-refractivity contribution < 1.29 is 9.53 Å². The van der Waals surface area contributed by atoms with Gasteiger partial charge in [0.05, 0.1) is 6.42 Å². The molecule has 1 atom stereocenters. The molecule has 1 aromatic carbocycles. The standard InChI is InChI=1S/C15H13ClO2/c1-15(7-6-10-2-3-10)13-9-12(16)5-4-11(13)8-14(17)18-15/h4-5,9-10H,2-3,8H2,1H3. The minimum Gasteiger partial charge on any atom is -0.441 e. The highest BCUT2D eigenvalue weighted by Crippen LogP contribution is 2.36. The van der Waals surface area contributed by atoms with Gasteiger partial charge in [0, 0.05) is 16.5 Å². The quantitative estimate of drug-likeness (QED) is 0.529. The highest BCUT2D eigenvalue weighted by atomic mass is 35.5. The molecule has 92 valence electrons. The second kappa shape index (κ2) is 4.03. The van der Waals surface area contributed by atoms with Crippen molar-refractivity contribution in [3.8, 4) is 11.8 Å². The maximum absolute atomic E-state index is 11.7. The highest BCUT2D eigenvalue weighted by molar-refractivity contribution is 6.30. The van der Waals surface area contributed by atoms with E-state index in [9.17, 15) is 4.79 Å². The van der Waals surface area contributed by atoms with E-state index in [1.165, 1.54) is 0 Å². The fourth-order valence-electron chi connectivity index (χ4n) is 2.18. The third kappa shape index (κ3) is 2.11. The Morgan fingerprint density at radius 1 is 1.44 bits per heavy atom. The number of hydrogen-bond acceptors (Lipinski definition) is 2. The zero-order valence-corrected chi connectivity index (χ0v) is 10.9. The van der Waals surface area contributed by atoms with Crippen LogP contribution in [0.15, 0.2) is 18.2 Å². The van der Waals surface area contributed by atoms with E-state index in [0.29, 0.717) is 17.4 Å². The minimum absolute atomic E-state index is 0.225. The van der Waals surface area contributed by atoms with Crippen molar-refractivity contribution in [2.45, 2.75) is 31.8 Å². The van der Waals surface area contributed by atoms with E-state index in [1.807, 2.05) is 19.1 Å². The number of fused-ring (bicyclic) bond motifs is 1. The molecule has 1 saturated carbocycles. The Balaban J connectivity index is 2.07. The summed E-state index contributed by atoms with van der Waals surface area (Å²) in [5, 5.41) is 0.645. The molecule has 3 heteroatoms. The topological polar surface area (TPSA) is 26.3 Å².